The van der Waals surface area contributed by atoms with Gasteiger partial charge in [-0.2, -0.15) is 0 Å². The van der Waals surface area contributed by atoms with Gasteiger partial charge in [-0.25, -0.2) is 0 Å². The van der Waals surface area contributed by atoms with Crippen molar-refractivity contribution in [2.75, 3.05) is 52.9 Å². The van der Waals surface area contributed by atoms with E-state index in [1.54, 1.807) is 12.1 Å². The summed E-state index contributed by atoms with van der Waals surface area (Å²) in [6, 6.07) is 7.41. The van der Waals surface area contributed by atoms with Crippen molar-refractivity contribution in [3.63, 3.8) is 0 Å². The Morgan fingerprint density at radius 1 is 1.11 bits per heavy atom. The number of piperidine rings is 1. The van der Waals surface area contributed by atoms with Gasteiger partial charge in [0.2, 0.25) is 5.91 Å². The first-order valence-electron chi connectivity index (χ1n) is 10.2. The molecular weight excluding hydrogens is 342 g/mol. The largest absolute Gasteiger partial charge is 0.508 e. The third-order valence-electron chi connectivity index (χ3n) is 6.08. The molecule has 2 fully saturated rings. The monoisotopic (exact) mass is 375 g/mol. The third kappa shape index (κ3) is 5.43. The van der Waals surface area contributed by atoms with E-state index in [0.29, 0.717) is 18.4 Å². The van der Waals surface area contributed by atoms with Crippen LogP contribution in [0, 0.1) is 5.92 Å². The topological polar surface area (TPSA) is 67.2 Å². The summed E-state index contributed by atoms with van der Waals surface area (Å²) in [6.07, 6.45) is 3.17. The average Bonchev–Trinajstić information content (AvgIpc) is 2.68. The standard InChI is InChI=1S/C21H33N3O3/c1-22-10-12-23(13-11-22)20-8-9-24(16-18(20)3-2-14-25)21(27)15-17-4-6-19(26)7-5-17/h4-7,18,20,25-26H,2-3,8-16H2,1H3/t18-,20+/m1/s1. The Morgan fingerprint density at radius 3 is 2.48 bits per heavy atom. The van der Waals surface area contributed by atoms with Crippen LogP contribution in [0.5, 0.6) is 5.75 Å². The summed E-state index contributed by atoms with van der Waals surface area (Å²) < 4.78 is 0. The molecule has 0 aromatic heterocycles. The lowest BCUT2D eigenvalue weighted by Gasteiger charge is -2.46. The van der Waals surface area contributed by atoms with Crippen molar-refractivity contribution in [1.82, 2.24) is 14.7 Å². The maximum atomic E-state index is 12.8. The molecular formula is C21H33N3O3. The molecule has 6 heteroatoms. The fourth-order valence-corrected chi connectivity index (χ4v) is 4.42. The molecule has 2 atom stereocenters. The summed E-state index contributed by atoms with van der Waals surface area (Å²) in [4.78, 5) is 19.8. The zero-order chi connectivity index (χ0) is 19.2. The van der Waals surface area contributed by atoms with Crippen LogP contribution in [-0.4, -0.2) is 89.8 Å². The summed E-state index contributed by atoms with van der Waals surface area (Å²) in [5.74, 6) is 0.813. The van der Waals surface area contributed by atoms with Crippen LogP contribution in [0.1, 0.15) is 24.8 Å². The molecule has 2 saturated heterocycles. The van der Waals surface area contributed by atoms with Gasteiger partial charge in [0, 0.05) is 51.9 Å². The van der Waals surface area contributed by atoms with E-state index >= 15 is 0 Å². The number of nitrogens with zero attached hydrogens (tertiary/aromatic N) is 3. The first kappa shape index (κ1) is 20.1. The van der Waals surface area contributed by atoms with Crippen LogP contribution in [0.3, 0.4) is 0 Å². The van der Waals surface area contributed by atoms with Gasteiger partial charge in [0.1, 0.15) is 5.75 Å². The Kier molecular flexibility index (Phi) is 7.10. The van der Waals surface area contributed by atoms with E-state index in [1.165, 1.54) is 0 Å². The van der Waals surface area contributed by atoms with Crippen LogP contribution in [0.4, 0.5) is 0 Å². The Morgan fingerprint density at radius 2 is 1.81 bits per heavy atom. The summed E-state index contributed by atoms with van der Waals surface area (Å²) >= 11 is 0. The van der Waals surface area contributed by atoms with Crippen LogP contribution in [0.15, 0.2) is 24.3 Å². The number of likely N-dealkylation sites (N-methyl/N-ethyl adjacent to an activating group) is 1. The molecule has 0 spiro atoms. The van der Waals surface area contributed by atoms with Gasteiger partial charge in [-0.15, -0.1) is 0 Å². The van der Waals surface area contributed by atoms with Gasteiger partial charge in [0.05, 0.1) is 6.42 Å². The molecule has 0 unspecified atom stereocenters. The number of aliphatic hydroxyl groups is 1. The Labute approximate surface area is 162 Å². The molecule has 0 aliphatic carbocycles. The number of likely N-dealkylation sites (tertiary alicyclic amines) is 1. The predicted molar refractivity (Wildman–Crippen MR) is 106 cm³/mol. The number of carbonyl (C=O) groups excluding carboxylic acids is 1. The van der Waals surface area contributed by atoms with E-state index < -0.39 is 0 Å². The van der Waals surface area contributed by atoms with Crippen molar-refractivity contribution >= 4 is 5.91 Å². The smallest absolute Gasteiger partial charge is 0.227 e. The van der Waals surface area contributed by atoms with E-state index in [4.69, 9.17) is 0 Å². The lowest BCUT2D eigenvalue weighted by molar-refractivity contribution is -0.133. The number of aliphatic hydroxyl groups excluding tert-OH is 1. The zero-order valence-corrected chi connectivity index (χ0v) is 16.4. The number of rotatable bonds is 6. The van der Waals surface area contributed by atoms with Crippen LogP contribution in [0.2, 0.25) is 0 Å². The molecule has 2 heterocycles. The number of phenolic OH excluding ortho intramolecular Hbond substituents is 1. The van der Waals surface area contributed by atoms with Crippen LogP contribution in [-0.2, 0) is 11.2 Å². The lowest BCUT2D eigenvalue weighted by Crippen LogP contribution is -2.57. The van der Waals surface area contributed by atoms with Crippen molar-refractivity contribution in [1.29, 1.82) is 0 Å². The highest BCUT2D eigenvalue weighted by Gasteiger charge is 2.35. The first-order valence-corrected chi connectivity index (χ1v) is 10.2. The molecule has 2 aliphatic heterocycles. The SMILES string of the molecule is CN1CCN([C@H]2CCN(C(=O)Cc3ccc(O)cc3)C[C@H]2CCCO)CC1. The van der Waals surface area contributed by atoms with Crippen molar-refractivity contribution < 1.29 is 15.0 Å². The predicted octanol–water partition coefficient (Wildman–Crippen LogP) is 1.17. The quantitative estimate of drug-likeness (QED) is 0.781. The fraction of sp³-hybridized carbons (Fsp3) is 0.667. The van der Waals surface area contributed by atoms with E-state index in [0.717, 1.165) is 64.1 Å². The molecule has 0 bridgehead atoms. The summed E-state index contributed by atoms with van der Waals surface area (Å²) in [7, 11) is 2.17. The Balaban J connectivity index is 1.60. The maximum absolute atomic E-state index is 12.8. The Bertz CT molecular complexity index is 599. The highest BCUT2D eigenvalue weighted by Crippen LogP contribution is 2.27. The van der Waals surface area contributed by atoms with Crippen molar-refractivity contribution in [2.45, 2.75) is 31.7 Å². The third-order valence-corrected chi connectivity index (χ3v) is 6.08. The maximum Gasteiger partial charge on any atom is 0.227 e. The highest BCUT2D eigenvalue weighted by molar-refractivity contribution is 5.79. The van der Waals surface area contributed by atoms with Gasteiger partial charge in [-0.1, -0.05) is 12.1 Å². The van der Waals surface area contributed by atoms with E-state index in [-0.39, 0.29) is 18.3 Å². The molecule has 2 aliphatic rings. The molecule has 3 rings (SSSR count). The number of amides is 1. The zero-order valence-electron chi connectivity index (χ0n) is 16.4. The van der Waals surface area contributed by atoms with Crippen LogP contribution in [0.25, 0.3) is 0 Å². The molecule has 27 heavy (non-hydrogen) atoms. The molecule has 150 valence electrons. The lowest BCUT2D eigenvalue weighted by atomic mass is 9.86. The van der Waals surface area contributed by atoms with E-state index in [1.807, 2.05) is 17.0 Å². The molecule has 0 saturated carbocycles. The van der Waals surface area contributed by atoms with Crippen LogP contribution >= 0.6 is 0 Å². The molecule has 2 N–H and O–H groups in total. The van der Waals surface area contributed by atoms with Crippen molar-refractivity contribution in [3.05, 3.63) is 29.8 Å². The van der Waals surface area contributed by atoms with Gasteiger partial charge < -0.3 is 20.0 Å². The second-order valence-corrected chi connectivity index (χ2v) is 8.00. The van der Waals surface area contributed by atoms with E-state index in [9.17, 15) is 15.0 Å². The molecule has 0 radical (unpaired) electrons. The number of hydrogen-bond donors (Lipinski definition) is 2. The number of piperazine rings is 1. The summed E-state index contributed by atoms with van der Waals surface area (Å²) in [5.41, 5.74) is 0.936. The minimum Gasteiger partial charge on any atom is -0.508 e. The molecule has 1 aromatic rings. The minimum atomic E-state index is 0.159. The summed E-state index contributed by atoms with van der Waals surface area (Å²) in [5, 5.41) is 18.7. The van der Waals surface area contributed by atoms with Gasteiger partial charge in [0.15, 0.2) is 0 Å². The Hall–Kier alpha value is -1.63. The van der Waals surface area contributed by atoms with Crippen molar-refractivity contribution in [2.24, 2.45) is 5.92 Å². The number of aromatic hydroxyl groups is 1. The molecule has 1 amide bonds. The van der Waals surface area contributed by atoms with Gasteiger partial charge in [-0.3, -0.25) is 9.69 Å². The number of phenols is 1. The average molecular weight is 376 g/mol. The van der Waals surface area contributed by atoms with Crippen molar-refractivity contribution in [3.8, 4) is 5.75 Å². The normalized spacial score (nSPS) is 24.9. The van der Waals surface area contributed by atoms with Gasteiger partial charge in [0.25, 0.3) is 0 Å². The fourth-order valence-electron chi connectivity index (χ4n) is 4.42. The number of carbonyl (C=O) groups is 1. The minimum absolute atomic E-state index is 0.159. The summed E-state index contributed by atoms with van der Waals surface area (Å²) in [6.45, 7) is 6.21. The second kappa shape index (κ2) is 9.53. The molecule has 6 nitrogen and oxygen atoms in total. The second-order valence-electron chi connectivity index (χ2n) is 8.00. The van der Waals surface area contributed by atoms with Gasteiger partial charge >= 0.3 is 0 Å². The molecule has 1 aromatic carbocycles. The van der Waals surface area contributed by atoms with Crippen LogP contribution < -0.4 is 0 Å². The number of hydrogen-bond acceptors (Lipinski definition) is 5. The van der Waals surface area contributed by atoms with E-state index in [2.05, 4.69) is 16.8 Å². The van der Waals surface area contributed by atoms with Gasteiger partial charge in [-0.05, 0) is 49.9 Å². The first-order chi connectivity index (χ1) is 13.1. The highest BCUT2D eigenvalue weighted by atomic mass is 16.3. The number of benzene rings is 1.